The Hall–Kier alpha value is -2.12. The lowest BCUT2D eigenvalue weighted by molar-refractivity contribution is -0.140. The maximum Gasteiger partial charge on any atom is 0.326 e. The maximum absolute atomic E-state index is 11.7. The van der Waals surface area contributed by atoms with Crippen LogP contribution in [-0.4, -0.2) is 41.0 Å². The summed E-state index contributed by atoms with van der Waals surface area (Å²) in [4.78, 5) is 45.2. The lowest BCUT2D eigenvalue weighted by Crippen LogP contribution is -2.57. The van der Waals surface area contributed by atoms with Crippen LogP contribution in [0.4, 0.5) is 4.79 Å². The normalized spacial score (nSPS) is 21.6. The number of hydrogen-bond acceptors (Lipinski definition) is 4. The third-order valence-corrected chi connectivity index (χ3v) is 3.31. The van der Waals surface area contributed by atoms with Crippen LogP contribution in [0.5, 0.6) is 0 Å². The summed E-state index contributed by atoms with van der Waals surface area (Å²) < 4.78 is 0. The lowest BCUT2D eigenvalue weighted by Gasteiger charge is -2.24. The van der Waals surface area contributed by atoms with Crippen LogP contribution >= 0.6 is 0 Å². The minimum absolute atomic E-state index is 0.143. The average Bonchev–Trinajstić information content (AvgIpc) is 2.38. The van der Waals surface area contributed by atoms with Gasteiger partial charge in [0.2, 0.25) is 11.8 Å². The Morgan fingerprint density at radius 1 is 1.45 bits per heavy atom. The van der Waals surface area contributed by atoms with Gasteiger partial charge in [-0.2, -0.15) is 0 Å². The molecule has 1 heterocycles. The van der Waals surface area contributed by atoms with Crippen molar-refractivity contribution in [1.82, 2.24) is 16.0 Å². The van der Waals surface area contributed by atoms with Crippen molar-refractivity contribution in [3.8, 4) is 0 Å². The third kappa shape index (κ3) is 4.22. The number of carboxylic acid groups (broad SMARTS) is 1. The van der Waals surface area contributed by atoms with Crippen molar-refractivity contribution in [1.29, 1.82) is 0 Å². The van der Waals surface area contributed by atoms with E-state index in [1.165, 1.54) is 0 Å². The molecular weight excluding hydrogens is 266 g/mol. The van der Waals surface area contributed by atoms with Crippen LogP contribution < -0.4 is 16.0 Å². The molecule has 1 aliphatic heterocycles. The Labute approximate surface area is 116 Å². The van der Waals surface area contributed by atoms with Gasteiger partial charge in [-0.05, 0) is 12.3 Å². The standard InChI is InChI=1S/C12H19N3O5/c1-3-6(2)9(11(18)19)15-12(20)13-7-4-5-8(16)14-10(7)17/h6-7,9H,3-5H2,1-2H3,(H,18,19)(H2,13,15,20)(H,14,16,17)/t6-,7?,9-/m0/s1. The number of amides is 4. The zero-order chi connectivity index (χ0) is 15.3. The first-order valence-electron chi connectivity index (χ1n) is 6.48. The molecule has 0 aromatic heterocycles. The molecule has 1 aliphatic rings. The van der Waals surface area contributed by atoms with Gasteiger partial charge in [0, 0.05) is 6.42 Å². The van der Waals surface area contributed by atoms with Gasteiger partial charge in [0.05, 0.1) is 0 Å². The highest BCUT2D eigenvalue weighted by Gasteiger charge is 2.30. The smallest absolute Gasteiger partial charge is 0.326 e. The molecule has 1 rings (SSSR count). The number of imide groups is 1. The molecule has 1 saturated heterocycles. The second kappa shape index (κ2) is 6.88. The van der Waals surface area contributed by atoms with Crippen LogP contribution in [0.2, 0.25) is 0 Å². The van der Waals surface area contributed by atoms with E-state index in [0.29, 0.717) is 6.42 Å². The van der Waals surface area contributed by atoms with E-state index in [4.69, 9.17) is 5.11 Å². The van der Waals surface area contributed by atoms with Gasteiger partial charge in [-0.1, -0.05) is 20.3 Å². The first kappa shape index (κ1) is 15.9. The van der Waals surface area contributed by atoms with Gasteiger partial charge in [0.25, 0.3) is 0 Å². The molecule has 4 N–H and O–H groups in total. The van der Waals surface area contributed by atoms with Crippen molar-refractivity contribution < 1.29 is 24.3 Å². The van der Waals surface area contributed by atoms with Crippen LogP contribution in [0.15, 0.2) is 0 Å². The Morgan fingerprint density at radius 2 is 2.10 bits per heavy atom. The largest absolute Gasteiger partial charge is 0.480 e. The highest BCUT2D eigenvalue weighted by molar-refractivity contribution is 6.01. The number of aliphatic carboxylic acids is 1. The van der Waals surface area contributed by atoms with E-state index in [9.17, 15) is 19.2 Å². The number of hydrogen-bond donors (Lipinski definition) is 4. The number of nitrogens with one attached hydrogen (secondary N) is 3. The second-order valence-corrected chi connectivity index (χ2v) is 4.82. The van der Waals surface area contributed by atoms with Crippen molar-refractivity contribution in [2.24, 2.45) is 5.92 Å². The number of piperidine rings is 1. The summed E-state index contributed by atoms with van der Waals surface area (Å²) in [5, 5.41) is 15.9. The fourth-order valence-corrected chi connectivity index (χ4v) is 1.86. The topological polar surface area (TPSA) is 125 Å². The molecule has 0 aromatic carbocycles. The van der Waals surface area contributed by atoms with Crippen molar-refractivity contribution in [3.05, 3.63) is 0 Å². The van der Waals surface area contributed by atoms with E-state index in [1.54, 1.807) is 6.92 Å². The summed E-state index contributed by atoms with van der Waals surface area (Å²) in [7, 11) is 0. The zero-order valence-corrected chi connectivity index (χ0v) is 11.4. The van der Waals surface area contributed by atoms with Crippen LogP contribution in [0.25, 0.3) is 0 Å². The second-order valence-electron chi connectivity index (χ2n) is 4.82. The minimum atomic E-state index is -1.13. The van der Waals surface area contributed by atoms with Gasteiger partial charge in [-0.3, -0.25) is 14.9 Å². The van der Waals surface area contributed by atoms with E-state index in [-0.39, 0.29) is 24.7 Å². The van der Waals surface area contributed by atoms with Gasteiger partial charge < -0.3 is 15.7 Å². The molecular formula is C12H19N3O5. The van der Waals surface area contributed by atoms with Crippen LogP contribution in [0.1, 0.15) is 33.1 Å². The Balaban J connectivity index is 2.55. The fraction of sp³-hybridized carbons (Fsp3) is 0.667. The molecule has 8 heteroatoms. The molecule has 0 radical (unpaired) electrons. The Morgan fingerprint density at radius 3 is 2.60 bits per heavy atom. The molecule has 112 valence electrons. The summed E-state index contributed by atoms with van der Waals surface area (Å²) in [6.45, 7) is 3.53. The molecule has 8 nitrogen and oxygen atoms in total. The summed E-state index contributed by atoms with van der Waals surface area (Å²) in [6.07, 6.45) is 0.944. The fourth-order valence-electron chi connectivity index (χ4n) is 1.86. The molecule has 0 saturated carbocycles. The number of rotatable bonds is 5. The van der Waals surface area contributed by atoms with Gasteiger partial charge in [0.15, 0.2) is 0 Å². The SMILES string of the molecule is CC[C@H](C)[C@H](NC(=O)NC1CCC(=O)NC1=O)C(=O)O. The highest BCUT2D eigenvalue weighted by Crippen LogP contribution is 2.08. The number of carbonyl (C=O) groups excluding carboxylic acids is 3. The number of carboxylic acids is 1. The molecule has 0 spiro atoms. The van der Waals surface area contributed by atoms with E-state index >= 15 is 0 Å². The predicted molar refractivity (Wildman–Crippen MR) is 68.7 cm³/mol. The maximum atomic E-state index is 11.7. The number of urea groups is 1. The van der Waals surface area contributed by atoms with Gasteiger partial charge in [-0.15, -0.1) is 0 Å². The number of carbonyl (C=O) groups is 4. The summed E-state index contributed by atoms with van der Waals surface area (Å²) >= 11 is 0. The van der Waals surface area contributed by atoms with Crippen molar-refractivity contribution in [2.45, 2.75) is 45.2 Å². The predicted octanol–water partition coefficient (Wildman–Crippen LogP) is -0.410. The molecule has 1 fully saturated rings. The van der Waals surface area contributed by atoms with Gasteiger partial charge in [0.1, 0.15) is 12.1 Å². The molecule has 0 aromatic rings. The zero-order valence-electron chi connectivity index (χ0n) is 11.4. The molecule has 1 unspecified atom stereocenters. The van der Waals surface area contributed by atoms with E-state index in [1.807, 2.05) is 6.92 Å². The summed E-state index contributed by atoms with van der Waals surface area (Å²) in [5.41, 5.74) is 0. The van der Waals surface area contributed by atoms with Gasteiger partial charge in [-0.25, -0.2) is 9.59 Å². The van der Waals surface area contributed by atoms with Crippen LogP contribution in [0.3, 0.4) is 0 Å². The summed E-state index contributed by atoms with van der Waals surface area (Å²) in [6, 6.07) is -2.57. The van der Waals surface area contributed by atoms with E-state index in [2.05, 4.69) is 16.0 Å². The highest BCUT2D eigenvalue weighted by atomic mass is 16.4. The van der Waals surface area contributed by atoms with Crippen molar-refractivity contribution in [3.63, 3.8) is 0 Å². The minimum Gasteiger partial charge on any atom is -0.480 e. The monoisotopic (exact) mass is 285 g/mol. The van der Waals surface area contributed by atoms with Crippen molar-refractivity contribution in [2.75, 3.05) is 0 Å². The molecule has 4 amide bonds. The Bertz CT molecular complexity index is 423. The third-order valence-electron chi connectivity index (χ3n) is 3.31. The van der Waals surface area contributed by atoms with E-state index in [0.717, 1.165) is 0 Å². The first-order valence-corrected chi connectivity index (χ1v) is 6.48. The first-order chi connectivity index (χ1) is 9.35. The molecule has 0 bridgehead atoms. The molecule has 0 aliphatic carbocycles. The lowest BCUT2D eigenvalue weighted by atomic mass is 9.99. The molecule has 20 heavy (non-hydrogen) atoms. The van der Waals surface area contributed by atoms with Gasteiger partial charge >= 0.3 is 12.0 Å². The Kier molecular flexibility index (Phi) is 5.48. The van der Waals surface area contributed by atoms with E-state index < -0.39 is 30.0 Å². The van der Waals surface area contributed by atoms with Crippen molar-refractivity contribution >= 4 is 23.8 Å². The summed E-state index contributed by atoms with van der Waals surface area (Å²) in [5.74, 6) is -2.32. The van der Waals surface area contributed by atoms with Crippen LogP contribution in [0, 0.1) is 5.92 Å². The molecule has 3 atom stereocenters. The quantitative estimate of drug-likeness (QED) is 0.511. The van der Waals surface area contributed by atoms with Crippen LogP contribution in [-0.2, 0) is 14.4 Å². The average molecular weight is 285 g/mol.